The van der Waals surface area contributed by atoms with Crippen molar-refractivity contribution in [2.75, 3.05) is 0 Å². The Morgan fingerprint density at radius 3 is 1.69 bits per heavy atom. The normalized spacial score (nSPS) is 11.6. The molecular formula is C52H32N2O. The van der Waals surface area contributed by atoms with Crippen LogP contribution < -0.4 is 0 Å². The summed E-state index contributed by atoms with van der Waals surface area (Å²) < 4.78 is 6.25. The van der Waals surface area contributed by atoms with Gasteiger partial charge in [0.1, 0.15) is 11.2 Å². The Morgan fingerprint density at radius 1 is 0.291 bits per heavy atom. The van der Waals surface area contributed by atoms with Gasteiger partial charge >= 0.3 is 0 Å². The van der Waals surface area contributed by atoms with Crippen LogP contribution in [0, 0.1) is 0 Å². The van der Waals surface area contributed by atoms with E-state index in [9.17, 15) is 0 Å². The number of furan rings is 1. The molecule has 0 aliphatic carbocycles. The van der Waals surface area contributed by atoms with Crippen LogP contribution in [0.3, 0.4) is 0 Å². The van der Waals surface area contributed by atoms with Gasteiger partial charge in [0.2, 0.25) is 0 Å². The average molecular weight is 701 g/mol. The van der Waals surface area contributed by atoms with Gasteiger partial charge in [0.15, 0.2) is 5.82 Å². The van der Waals surface area contributed by atoms with Crippen molar-refractivity contribution in [1.82, 2.24) is 9.97 Å². The van der Waals surface area contributed by atoms with Gasteiger partial charge in [0.25, 0.3) is 0 Å². The molecule has 0 spiro atoms. The third-order valence-electron chi connectivity index (χ3n) is 10.8. The minimum atomic E-state index is 0.690. The van der Waals surface area contributed by atoms with E-state index in [0.29, 0.717) is 5.82 Å². The number of benzene rings is 9. The van der Waals surface area contributed by atoms with E-state index < -0.39 is 0 Å². The van der Waals surface area contributed by atoms with Gasteiger partial charge in [-0.15, -0.1) is 0 Å². The van der Waals surface area contributed by atoms with Crippen LogP contribution in [0.4, 0.5) is 0 Å². The summed E-state index contributed by atoms with van der Waals surface area (Å²) in [5, 5.41) is 9.70. The van der Waals surface area contributed by atoms with Gasteiger partial charge in [-0.2, -0.15) is 0 Å². The van der Waals surface area contributed by atoms with Crippen molar-refractivity contribution in [3.05, 3.63) is 194 Å². The number of para-hydroxylation sites is 1. The lowest BCUT2D eigenvalue weighted by Gasteiger charge is -2.15. The van der Waals surface area contributed by atoms with E-state index in [1.807, 2.05) is 30.3 Å². The van der Waals surface area contributed by atoms with Gasteiger partial charge < -0.3 is 4.42 Å². The molecule has 0 amide bonds. The van der Waals surface area contributed by atoms with Crippen molar-refractivity contribution in [2.45, 2.75) is 0 Å². The molecule has 11 aromatic rings. The molecule has 256 valence electrons. The highest BCUT2D eigenvalue weighted by Gasteiger charge is 2.16. The summed E-state index contributed by atoms with van der Waals surface area (Å²) in [5.74, 6) is 0.690. The van der Waals surface area contributed by atoms with Crippen molar-refractivity contribution in [3.8, 4) is 56.2 Å². The smallest absolute Gasteiger partial charge is 0.160 e. The largest absolute Gasteiger partial charge is 0.456 e. The molecule has 3 nitrogen and oxygen atoms in total. The topological polar surface area (TPSA) is 38.9 Å². The third kappa shape index (κ3) is 5.36. The number of hydrogen-bond donors (Lipinski definition) is 0. The van der Waals surface area contributed by atoms with Crippen molar-refractivity contribution in [2.24, 2.45) is 0 Å². The van der Waals surface area contributed by atoms with E-state index in [1.54, 1.807) is 0 Å². The van der Waals surface area contributed by atoms with E-state index in [0.717, 1.165) is 66.7 Å². The Labute approximate surface area is 317 Å². The monoisotopic (exact) mass is 700 g/mol. The fraction of sp³-hybridized carbons (Fsp3) is 0. The molecule has 0 fully saturated rings. The predicted molar refractivity (Wildman–Crippen MR) is 229 cm³/mol. The molecule has 0 radical (unpaired) electrons. The molecule has 0 saturated heterocycles. The van der Waals surface area contributed by atoms with Crippen molar-refractivity contribution in [3.63, 3.8) is 0 Å². The summed E-state index contributed by atoms with van der Waals surface area (Å²) in [4.78, 5) is 10.4. The molecule has 2 aromatic heterocycles. The summed E-state index contributed by atoms with van der Waals surface area (Å²) in [7, 11) is 0. The first-order valence-electron chi connectivity index (χ1n) is 18.6. The second kappa shape index (κ2) is 12.6. The van der Waals surface area contributed by atoms with Crippen LogP contribution in [0.25, 0.3) is 110 Å². The SMILES string of the molecule is c1ccc(-c2nc(-c3cccc(-c4ccc5c(c4)oc4ccccc45)c3)cc(-c3cccc(-c4c5ccccc5cc5c4ccc4ccccc45)c3)n2)cc1. The maximum Gasteiger partial charge on any atom is 0.160 e. The molecule has 0 atom stereocenters. The Bertz CT molecular complexity index is 3270. The molecular weight excluding hydrogens is 669 g/mol. The van der Waals surface area contributed by atoms with Gasteiger partial charge in [0, 0.05) is 27.5 Å². The number of rotatable bonds is 5. The van der Waals surface area contributed by atoms with Crippen LogP contribution in [0.15, 0.2) is 199 Å². The Kier molecular flexibility index (Phi) is 7.17. The molecule has 0 aliphatic heterocycles. The zero-order valence-corrected chi connectivity index (χ0v) is 29.8. The molecule has 0 N–H and O–H groups in total. The second-order valence-electron chi connectivity index (χ2n) is 14.2. The van der Waals surface area contributed by atoms with E-state index >= 15 is 0 Å². The highest BCUT2D eigenvalue weighted by Crippen LogP contribution is 2.41. The summed E-state index contributed by atoms with van der Waals surface area (Å²) in [5.41, 5.74) is 11.1. The van der Waals surface area contributed by atoms with Gasteiger partial charge in [-0.05, 0) is 97.0 Å². The predicted octanol–water partition coefficient (Wildman–Crippen LogP) is 14.2. The summed E-state index contributed by atoms with van der Waals surface area (Å²) in [6.45, 7) is 0. The standard InChI is InChI=1S/C52H32N2O/c1-2-13-34(14-3-1)52-53-47(38-17-10-16-35(28-38)36-25-26-44-43-22-8-9-23-49(43)55-50(44)31-36)32-48(54-52)39-18-11-19-40(29-39)51-42-21-7-5-15-37(42)30-46-41-20-6-4-12-33(41)24-27-45(46)51/h1-32H. The zero-order chi connectivity index (χ0) is 36.3. The first kappa shape index (κ1) is 31.2. The average Bonchev–Trinajstić information content (AvgIpc) is 3.64. The van der Waals surface area contributed by atoms with E-state index in [1.165, 1.54) is 37.9 Å². The number of nitrogens with zero attached hydrogens (tertiary/aromatic N) is 2. The number of hydrogen-bond acceptors (Lipinski definition) is 3. The fourth-order valence-corrected chi connectivity index (χ4v) is 8.19. The van der Waals surface area contributed by atoms with Crippen molar-refractivity contribution >= 4 is 54.3 Å². The van der Waals surface area contributed by atoms with Gasteiger partial charge in [0.05, 0.1) is 11.4 Å². The molecule has 0 unspecified atom stereocenters. The molecule has 55 heavy (non-hydrogen) atoms. The summed E-state index contributed by atoms with van der Waals surface area (Å²) in [6, 6.07) is 68.7. The van der Waals surface area contributed by atoms with Gasteiger partial charge in [-0.1, -0.05) is 152 Å². The Hall–Kier alpha value is -7.36. The first-order valence-corrected chi connectivity index (χ1v) is 18.6. The fourth-order valence-electron chi connectivity index (χ4n) is 8.19. The quantitative estimate of drug-likeness (QED) is 0.133. The van der Waals surface area contributed by atoms with Crippen molar-refractivity contribution < 1.29 is 4.42 Å². The first-order chi connectivity index (χ1) is 27.2. The van der Waals surface area contributed by atoms with Gasteiger partial charge in [-0.25, -0.2) is 9.97 Å². The maximum atomic E-state index is 6.25. The van der Waals surface area contributed by atoms with Crippen LogP contribution in [-0.2, 0) is 0 Å². The lowest BCUT2D eigenvalue weighted by Crippen LogP contribution is -1.96. The lowest BCUT2D eigenvalue weighted by atomic mass is 9.89. The van der Waals surface area contributed by atoms with E-state index in [-0.39, 0.29) is 0 Å². The lowest BCUT2D eigenvalue weighted by molar-refractivity contribution is 0.669. The van der Waals surface area contributed by atoms with E-state index in [2.05, 4.69) is 164 Å². The van der Waals surface area contributed by atoms with E-state index in [4.69, 9.17) is 14.4 Å². The molecule has 11 rings (SSSR count). The molecule has 0 saturated carbocycles. The molecule has 0 bridgehead atoms. The minimum Gasteiger partial charge on any atom is -0.456 e. The number of fused-ring (bicyclic) bond motifs is 7. The number of aromatic nitrogens is 2. The van der Waals surface area contributed by atoms with Gasteiger partial charge in [-0.3, -0.25) is 0 Å². The molecule has 9 aromatic carbocycles. The van der Waals surface area contributed by atoms with Crippen molar-refractivity contribution in [1.29, 1.82) is 0 Å². The Morgan fingerprint density at radius 2 is 0.873 bits per heavy atom. The molecule has 2 heterocycles. The Balaban J connectivity index is 1.07. The summed E-state index contributed by atoms with van der Waals surface area (Å²) in [6.07, 6.45) is 0. The van der Waals surface area contributed by atoms with Crippen LogP contribution >= 0.6 is 0 Å². The minimum absolute atomic E-state index is 0.690. The maximum absolute atomic E-state index is 6.25. The molecule has 3 heteroatoms. The van der Waals surface area contributed by atoms with Crippen LogP contribution in [0.1, 0.15) is 0 Å². The second-order valence-corrected chi connectivity index (χ2v) is 14.2. The zero-order valence-electron chi connectivity index (χ0n) is 29.8. The van der Waals surface area contributed by atoms with Crippen LogP contribution in [0.5, 0.6) is 0 Å². The highest BCUT2D eigenvalue weighted by molar-refractivity contribution is 6.20. The summed E-state index contributed by atoms with van der Waals surface area (Å²) >= 11 is 0. The van der Waals surface area contributed by atoms with Crippen LogP contribution in [0.2, 0.25) is 0 Å². The highest BCUT2D eigenvalue weighted by atomic mass is 16.3. The van der Waals surface area contributed by atoms with Crippen LogP contribution in [-0.4, -0.2) is 9.97 Å². The molecule has 0 aliphatic rings. The third-order valence-corrected chi connectivity index (χ3v) is 10.8.